The number of allylic oxidation sites excluding steroid dienone is 1. The monoisotopic (exact) mass is 322 g/mol. The van der Waals surface area contributed by atoms with Crippen molar-refractivity contribution in [3.63, 3.8) is 0 Å². The molecule has 2 N–H and O–H groups in total. The molecule has 1 aliphatic rings. The van der Waals surface area contributed by atoms with E-state index in [1.807, 2.05) is 20.8 Å². The Morgan fingerprint density at radius 1 is 1.13 bits per heavy atom. The molecule has 0 aromatic carbocycles. The van der Waals surface area contributed by atoms with Crippen LogP contribution in [-0.2, 0) is 4.79 Å². The van der Waals surface area contributed by atoms with Crippen molar-refractivity contribution in [1.82, 2.24) is 9.80 Å². The number of guanidine groups is 1. The zero-order valence-corrected chi connectivity index (χ0v) is 15.9. The SMILES string of the molecule is CCC(C)(C)N1CCN(C(N)=N/C=C(\C)C(=O)C(C)(C)C)CC1. The molecule has 0 saturated carbocycles. The molecule has 0 amide bonds. The number of hydrogen-bond acceptors (Lipinski definition) is 3. The fourth-order valence-corrected chi connectivity index (χ4v) is 2.66. The van der Waals surface area contributed by atoms with Gasteiger partial charge in [0.2, 0.25) is 0 Å². The Bertz CT molecular complexity index is 478. The summed E-state index contributed by atoms with van der Waals surface area (Å²) in [6, 6.07) is 0. The molecule has 0 bridgehead atoms. The molecule has 0 spiro atoms. The van der Waals surface area contributed by atoms with Gasteiger partial charge in [0.15, 0.2) is 11.7 Å². The molecule has 1 heterocycles. The molecule has 1 fully saturated rings. The Balaban J connectivity index is 2.67. The maximum Gasteiger partial charge on any atom is 0.195 e. The normalized spacial score (nSPS) is 19.2. The first-order valence-electron chi connectivity index (χ1n) is 8.54. The van der Waals surface area contributed by atoms with Crippen LogP contribution >= 0.6 is 0 Å². The molecule has 0 atom stereocenters. The number of rotatable bonds is 4. The molecular formula is C18H34N4O. The zero-order chi connectivity index (χ0) is 17.8. The second-order valence-corrected chi connectivity index (χ2v) is 8.02. The lowest BCUT2D eigenvalue weighted by Crippen LogP contribution is -2.56. The van der Waals surface area contributed by atoms with E-state index < -0.39 is 0 Å². The van der Waals surface area contributed by atoms with Crippen molar-refractivity contribution in [1.29, 1.82) is 0 Å². The number of ketones is 1. The van der Waals surface area contributed by atoms with E-state index in [9.17, 15) is 4.79 Å². The summed E-state index contributed by atoms with van der Waals surface area (Å²) in [4.78, 5) is 21.0. The number of Topliss-reactive ketones (excluding diaryl/α,β-unsaturated/α-hetero) is 1. The third-order valence-corrected chi connectivity index (χ3v) is 4.75. The number of carbonyl (C=O) groups excluding carboxylic acids is 1. The summed E-state index contributed by atoms with van der Waals surface area (Å²) in [5.41, 5.74) is 6.58. The Hall–Kier alpha value is -1.36. The number of carbonyl (C=O) groups is 1. The highest BCUT2D eigenvalue weighted by atomic mass is 16.1. The van der Waals surface area contributed by atoms with Gasteiger partial charge in [-0.3, -0.25) is 9.69 Å². The third kappa shape index (κ3) is 5.34. The van der Waals surface area contributed by atoms with Gasteiger partial charge in [0.1, 0.15) is 0 Å². The molecular weight excluding hydrogens is 288 g/mol. The van der Waals surface area contributed by atoms with E-state index in [0.29, 0.717) is 11.5 Å². The van der Waals surface area contributed by atoms with Crippen molar-refractivity contribution < 1.29 is 4.79 Å². The van der Waals surface area contributed by atoms with E-state index in [4.69, 9.17) is 5.73 Å². The van der Waals surface area contributed by atoms with Gasteiger partial charge in [-0.15, -0.1) is 0 Å². The van der Waals surface area contributed by atoms with Crippen LogP contribution in [0.3, 0.4) is 0 Å². The van der Waals surface area contributed by atoms with Crippen LogP contribution in [0.25, 0.3) is 0 Å². The fourth-order valence-electron chi connectivity index (χ4n) is 2.66. The van der Waals surface area contributed by atoms with Crippen molar-refractivity contribution in [2.24, 2.45) is 16.1 Å². The van der Waals surface area contributed by atoms with Crippen molar-refractivity contribution in [2.45, 2.75) is 60.4 Å². The number of aliphatic imine (C=N–C) groups is 1. The maximum atomic E-state index is 12.1. The van der Waals surface area contributed by atoms with Crippen LogP contribution in [-0.4, -0.2) is 53.3 Å². The van der Waals surface area contributed by atoms with Crippen LogP contribution in [0.15, 0.2) is 16.8 Å². The predicted molar refractivity (Wildman–Crippen MR) is 97.4 cm³/mol. The summed E-state index contributed by atoms with van der Waals surface area (Å²) >= 11 is 0. The van der Waals surface area contributed by atoms with Crippen LogP contribution in [0, 0.1) is 5.41 Å². The van der Waals surface area contributed by atoms with Crippen LogP contribution in [0.4, 0.5) is 0 Å². The van der Waals surface area contributed by atoms with Crippen molar-refractivity contribution >= 4 is 11.7 Å². The van der Waals surface area contributed by atoms with Crippen molar-refractivity contribution in [2.75, 3.05) is 26.2 Å². The Morgan fingerprint density at radius 2 is 1.65 bits per heavy atom. The predicted octanol–water partition coefficient (Wildman–Crippen LogP) is 2.63. The second-order valence-electron chi connectivity index (χ2n) is 8.02. The Labute approximate surface area is 141 Å². The van der Waals surface area contributed by atoms with E-state index in [2.05, 4.69) is 35.6 Å². The summed E-state index contributed by atoms with van der Waals surface area (Å²) in [7, 11) is 0. The largest absolute Gasteiger partial charge is 0.370 e. The average molecular weight is 322 g/mol. The van der Waals surface area contributed by atoms with Gasteiger partial charge in [-0.1, -0.05) is 27.7 Å². The summed E-state index contributed by atoms with van der Waals surface area (Å²) in [6.45, 7) is 18.0. The van der Waals surface area contributed by atoms with Gasteiger partial charge in [0.25, 0.3) is 0 Å². The van der Waals surface area contributed by atoms with E-state index in [1.54, 1.807) is 13.1 Å². The second kappa shape index (κ2) is 7.47. The lowest BCUT2D eigenvalue weighted by atomic mass is 9.87. The molecule has 23 heavy (non-hydrogen) atoms. The van der Waals surface area contributed by atoms with Crippen molar-refractivity contribution in [3.8, 4) is 0 Å². The first kappa shape index (κ1) is 19.7. The van der Waals surface area contributed by atoms with E-state index in [1.165, 1.54) is 0 Å². The van der Waals surface area contributed by atoms with Gasteiger partial charge in [-0.2, -0.15) is 0 Å². The summed E-state index contributed by atoms with van der Waals surface area (Å²) < 4.78 is 0. The summed E-state index contributed by atoms with van der Waals surface area (Å²) in [6.07, 6.45) is 2.73. The van der Waals surface area contributed by atoms with Gasteiger partial charge in [-0.25, -0.2) is 4.99 Å². The Morgan fingerprint density at radius 3 is 2.09 bits per heavy atom. The number of piperazine rings is 1. The van der Waals surface area contributed by atoms with E-state index >= 15 is 0 Å². The first-order chi connectivity index (χ1) is 10.5. The fraction of sp³-hybridized carbons (Fsp3) is 0.778. The molecule has 0 aromatic heterocycles. The first-order valence-corrected chi connectivity index (χ1v) is 8.54. The van der Waals surface area contributed by atoms with Gasteiger partial charge in [0.05, 0.1) is 0 Å². The minimum Gasteiger partial charge on any atom is -0.370 e. The van der Waals surface area contributed by atoms with Gasteiger partial charge >= 0.3 is 0 Å². The van der Waals surface area contributed by atoms with Crippen LogP contribution in [0.5, 0.6) is 0 Å². The highest BCUT2D eigenvalue weighted by Crippen LogP contribution is 2.21. The summed E-state index contributed by atoms with van der Waals surface area (Å²) in [5, 5.41) is 0. The molecule has 0 unspecified atom stereocenters. The highest BCUT2D eigenvalue weighted by Gasteiger charge is 2.28. The zero-order valence-electron chi connectivity index (χ0n) is 15.9. The molecule has 132 valence electrons. The standard InChI is InChI=1S/C18H34N4O/c1-8-18(6,7)22-11-9-21(10-12-22)16(19)20-13-14(2)15(23)17(3,4)5/h13H,8-12H2,1-7H3,(H2,19,20)/b14-13+. The molecule has 5 heteroatoms. The highest BCUT2D eigenvalue weighted by molar-refractivity contribution is 5.98. The number of nitrogens with two attached hydrogens (primary N) is 1. The third-order valence-electron chi connectivity index (χ3n) is 4.75. The lowest BCUT2D eigenvalue weighted by molar-refractivity contribution is -0.122. The van der Waals surface area contributed by atoms with Gasteiger partial charge in [-0.05, 0) is 27.2 Å². The minimum atomic E-state index is -0.387. The smallest absolute Gasteiger partial charge is 0.195 e. The minimum absolute atomic E-state index is 0.101. The quantitative estimate of drug-likeness (QED) is 0.491. The van der Waals surface area contributed by atoms with Crippen molar-refractivity contribution in [3.05, 3.63) is 11.8 Å². The van der Waals surface area contributed by atoms with Crippen LogP contribution < -0.4 is 5.73 Å². The van der Waals surface area contributed by atoms with Crippen LogP contribution in [0.1, 0.15) is 54.9 Å². The molecule has 1 rings (SSSR count). The lowest BCUT2D eigenvalue weighted by Gasteiger charge is -2.44. The van der Waals surface area contributed by atoms with Crippen LogP contribution in [0.2, 0.25) is 0 Å². The molecule has 1 saturated heterocycles. The maximum absolute atomic E-state index is 12.1. The number of nitrogens with zero attached hydrogens (tertiary/aromatic N) is 3. The van der Waals surface area contributed by atoms with Gasteiger partial charge in [0, 0.05) is 48.9 Å². The number of hydrogen-bond donors (Lipinski definition) is 1. The van der Waals surface area contributed by atoms with E-state index in [0.717, 1.165) is 32.6 Å². The Kier molecular flexibility index (Phi) is 6.40. The summed E-state index contributed by atoms with van der Waals surface area (Å²) in [5.74, 6) is 0.601. The molecule has 0 aromatic rings. The molecule has 0 aliphatic carbocycles. The van der Waals surface area contributed by atoms with E-state index in [-0.39, 0.29) is 16.7 Å². The average Bonchev–Trinajstić information content (AvgIpc) is 2.50. The molecule has 1 aliphatic heterocycles. The topological polar surface area (TPSA) is 61.9 Å². The molecule has 0 radical (unpaired) electrons. The molecule has 5 nitrogen and oxygen atoms in total. The van der Waals surface area contributed by atoms with Gasteiger partial charge < -0.3 is 10.6 Å².